The largest absolute Gasteiger partial charge is 0.330 e. The normalized spacial score (nSPS) is 12.7. The Bertz CT molecular complexity index is 719. The molecule has 0 aliphatic rings. The second kappa shape index (κ2) is 6.10. The van der Waals surface area contributed by atoms with Crippen molar-refractivity contribution in [3.05, 3.63) is 63.9 Å². The van der Waals surface area contributed by atoms with E-state index in [0.29, 0.717) is 23.6 Å². The van der Waals surface area contributed by atoms with E-state index in [2.05, 4.69) is 4.98 Å². The van der Waals surface area contributed by atoms with Gasteiger partial charge in [-0.25, -0.2) is 9.37 Å². The first kappa shape index (κ1) is 14.4. The van der Waals surface area contributed by atoms with E-state index in [1.165, 1.54) is 6.07 Å². The second-order valence-electron chi connectivity index (χ2n) is 4.86. The van der Waals surface area contributed by atoms with Gasteiger partial charge in [0.15, 0.2) is 0 Å². The minimum absolute atomic E-state index is 0.0307. The van der Waals surface area contributed by atoms with Crippen LogP contribution in [0.25, 0.3) is 10.2 Å². The van der Waals surface area contributed by atoms with Crippen LogP contribution in [0.5, 0.6) is 0 Å². The van der Waals surface area contributed by atoms with Crippen LogP contribution in [-0.2, 0) is 6.42 Å². The molecule has 3 aromatic rings. The number of hydrogen-bond donors (Lipinski definition) is 1. The van der Waals surface area contributed by atoms with Gasteiger partial charge in [-0.3, -0.25) is 0 Å². The number of benzene rings is 2. The lowest BCUT2D eigenvalue weighted by Gasteiger charge is -2.13. The molecule has 0 spiro atoms. The quantitative estimate of drug-likeness (QED) is 0.775. The van der Waals surface area contributed by atoms with E-state index in [0.717, 1.165) is 15.2 Å². The number of rotatable bonds is 4. The van der Waals surface area contributed by atoms with E-state index >= 15 is 0 Å². The summed E-state index contributed by atoms with van der Waals surface area (Å²) in [6.45, 7) is 0.407. The van der Waals surface area contributed by atoms with Crippen molar-refractivity contribution in [1.82, 2.24) is 4.98 Å². The Labute approximate surface area is 131 Å². The molecular formula is C16H14ClFN2S. The number of fused-ring (bicyclic) bond motifs is 1. The van der Waals surface area contributed by atoms with Crippen LogP contribution in [0.2, 0.25) is 5.02 Å². The monoisotopic (exact) mass is 320 g/mol. The molecule has 0 bridgehead atoms. The van der Waals surface area contributed by atoms with Crippen LogP contribution < -0.4 is 5.73 Å². The number of nitrogens with zero attached hydrogens (tertiary/aromatic N) is 1. The van der Waals surface area contributed by atoms with Crippen molar-refractivity contribution in [2.24, 2.45) is 5.73 Å². The summed E-state index contributed by atoms with van der Waals surface area (Å²) in [4.78, 5) is 4.61. The Hall–Kier alpha value is -1.49. The zero-order valence-corrected chi connectivity index (χ0v) is 12.8. The lowest BCUT2D eigenvalue weighted by Crippen LogP contribution is -2.15. The van der Waals surface area contributed by atoms with Crippen molar-refractivity contribution in [1.29, 1.82) is 0 Å². The van der Waals surface area contributed by atoms with Crippen LogP contribution >= 0.6 is 22.9 Å². The molecule has 0 aliphatic carbocycles. The summed E-state index contributed by atoms with van der Waals surface area (Å²) in [5.74, 6) is -0.320. The van der Waals surface area contributed by atoms with Gasteiger partial charge in [0, 0.05) is 23.0 Å². The predicted octanol–water partition coefficient (Wildman–Crippen LogP) is 4.37. The molecule has 3 rings (SSSR count). The fraction of sp³-hybridized carbons (Fsp3) is 0.188. The molecule has 108 valence electrons. The van der Waals surface area contributed by atoms with E-state index in [9.17, 15) is 4.39 Å². The van der Waals surface area contributed by atoms with Gasteiger partial charge < -0.3 is 5.73 Å². The summed E-state index contributed by atoms with van der Waals surface area (Å²) in [5, 5.41) is 1.37. The average Bonchev–Trinajstić information content (AvgIpc) is 2.90. The Morgan fingerprint density at radius 3 is 2.71 bits per heavy atom. The highest BCUT2D eigenvalue weighted by atomic mass is 35.5. The average molecular weight is 321 g/mol. The maximum Gasteiger partial charge on any atom is 0.127 e. The lowest BCUT2D eigenvalue weighted by molar-refractivity contribution is 0.590. The van der Waals surface area contributed by atoms with E-state index in [4.69, 9.17) is 17.3 Å². The molecule has 0 fully saturated rings. The van der Waals surface area contributed by atoms with Gasteiger partial charge in [-0.2, -0.15) is 0 Å². The van der Waals surface area contributed by atoms with Crippen LogP contribution in [0.3, 0.4) is 0 Å². The highest BCUT2D eigenvalue weighted by molar-refractivity contribution is 7.18. The molecule has 0 amide bonds. The maximum absolute atomic E-state index is 13.9. The Kier molecular flexibility index (Phi) is 4.19. The van der Waals surface area contributed by atoms with Crippen molar-refractivity contribution in [3.63, 3.8) is 0 Å². The summed E-state index contributed by atoms with van der Waals surface area (Å²) in [7, 11) is 0. The first-order valence-electron chi connectivity index (χ1n) is 6.67. The number of nitrogens with two attached hydrogens (primary N) is 1. The fourth-order valence-electron chi connectivity index (χ4n) is 2.31. The molecule has 2 aromatic carbocycles. The van der Waals surface area contributed by atoms with Crippen molar-refractivity contribution < 1.29 is 4.39 Å². The molecule has 1 unspecified atom stereocenters. The Morgan fingerprint density at radius 1 is 1.19 bits per heavy atom. The first-order chi connectivity index (χ1) is 10.2. The van der Waals surface area contributed by atoms with Gasteiger partial charge in [-0.05, 0) is 30.7 Å². The molecule has 0 radical (unpaired) electrons. The van der Waals surface area contributed by atoms with Gasteiger partial charge in [-0.15, -0.1) is 11.3 Å². The molecule has 0 saturated carbocycles. The van der Waals surface area contributed by atoms with Gasteiger partial charge in [0.2, 0.25) is 0 Å². The van der Waals surface area contributed by atoms with Gasteiger partial charge in [0.25, 0.3) is 0 Å². The first-order valence-corrected chi connectivity index (χ1v) is 7.87. The Morgan fingerprint density at radius 2 is 2.00 bits per heavy atom. The summed E-state index contributed by atoms with van der Waals surface area (Å²) in [5.41, 5.74) is 7.34. The molecule has 5 heteroatoms. The predicted molar refractivity (Wildman–Crippen MR) is 86.5 cm³/mol. The minimum atomic E-state index is -0.290. The van der Waals surface area contributed by atoms with Gasteiger partial charge in [-0.1, -0.05) is 29.8 Å². The van der Waals surface area contributed by atoms with Crippen molar-refractivity contribution in [2.45, 2.75) is 12.3 Å². The summed E-state index contributed by atoms with van der Waals surface area (Å²) in [6, 6.07) is 12.7. The van der Waals surface area contributed by atoms with Crippen LogP contribution in [0.15, 0.2) is 42.5 Å². The second-order valence-corrected chi connectivity index (χ2v) is 6.33. The third kappa shape index (κ3) is 2.93. The molecule has 1 aromatic heterocycles. The topological polar surface area (TPSA) is 38.9 Å². The zero-order valence-electron chi connectivity index (χ0n) is 11.2. The molecule has 2 nitrogen and oxygen atoms in total. The number of thiazole rings is 1. The highest BCUT2D eigenvalue weighted by Gasteiger charge is 2.19. The Balaban J connectivity index is 1.95. The molecule has 21 heavy (non-hydrogen) atoms. The van der Waals surface area contributed by atoms with Gasteiger partial charge >= 0.3 is 0 Å². The standard InChI is InChI=1S/C16H14ClFN2S/c17-12-4-3-5-13(18)11(12)8-10(9-19)16-20-14-6-1-2-7-15(14)21-16/h1-7,10H,8-9,19H2. The van der Waals surface area contributed by atoms with Crippen LogP contribution in [0, 0.1) is 5.82 Å². The fourth-order valence-corrected chi connectivity index (χ4v) is 3.63. The lowest BCUT2D eigenvalue weighted by atomic mass is 9.99. The van der Waals surface area contributed by atoms with Crippen LogP contribution in [-0.4, -0.2) is 11.5 Å². The molecule has 1 heterocycles. The minimum Gasteiger partial charge on any atom is -0.330 e. The van der Waals surface area contributed by atoms with Crippen LogP contribution in [0.1, 0.15) is 16.5 Å². The maximum atomic E-state index is 13.9. The molecule has 0 saturated heterocycles. The molecular weight excluding hydrogens is 307 g/mol. The highest BCUT2D eigenvalue weighted by Crippen LogP contribution is 2.31. The summed E-state index contributed by atoms with van der Waals surface area (Å²) >= 11 is 7.70. The molecule has 0 aliphatic heterocycles. The zero-order chi connectivity index (χ0) is 14.8. The van der Waals surface area contributed by atoms with Crippen molar-refractivity contribution in [3.8, 4) is 0 Å². The third-order valence-electron chi connectivity index (χ3n) is 3.46. The summed E-state index contributed by atoms with van der Waals surface area (Å²) in [6.07, 6.45) is 0.460. The summed E-state index contributed by atoms with van der Waals surface area (Å²) < 4.78 is 15.0. The third-order valence-corrected chi connectivity index (χ3v) is 5.01. The van der Waals surface area contributed by atoms with Crippen LogP contribution in [0.4, 0.5) is 4.39 Å². The van der Waals surface area contributed by atoms with Gasteiger partial charge in [0.1, 0.15) is 5.82 Å². The number of aromatic nitrogens is 1. The van der Waals surface area contributed by atoms with Crippen molar-refractivity contribution >= 4 is 33.2 Å². The van der Waals surface area contributed by atoms with E-state index in [1.807, 2.05) is 24.3 Å². The molecule has 1 atom stereocenters. The number of halogens is 2. The molecule has 2 N–H and O–H groups in total. The number of para-hydroxylation sites is 1. The van der Waals surface area contributed by atoms with Gasteiger partial charge in [0.05, 0.1) is 15.2 Å². The van der Waals surface area contributed by atoms with Crippen molar-refractivity contribution in [2.75, 3.05) is 6.54 Å². The van der Waals surface area contributed by atoms with E-state index < -0.39 is 0 Å². The smallest absolute Gasteiger partial charge is 0.127 e. The number of hydrogen-bond acceptors (Lipinski definition) is 3. The van der Waals surface area contributed by atoms with E-state index in [-0.39, 0.29) is 11.7 Å². The SMILES string of the molecule is NCC(Cc1c(F)cccc1Cl)c1nc2ccccc2s1. The van der Waals surface area contributed by atoms with E-state index in [1.54, 1.807) is 23.5 Å².